The predicted octanol–water partition coefficient (Wildman–Crippen LogP) is 3.95. The third-order valence-corrected chi connectivity index (χ3v) is 4.67. The molecule has 0 saturated heterocycles. The van der Waals surface area contributed by atoms with Crippen molar-refractivity contribution >= 4 is 5.91 Å². The molecule has 6 heteroatoms. The van der Waals surface area contributed by atoms with E-state index in [-0.39, 0.29) is 5.91 Å². The maximum atomic E-state index is 12.7. The fraction of sp³-hybridized carbons (Fsp3) is 0.304. The summed E-state index contributed by atoms with van der Waals surface area (Å²) in [4.78, 5) is 12.7. The van der Waals surface area contributed by atoms with Crippen LogP contribution in [0.3, 0.4) is 0 Å². The molecule has 152 valence electrons. The van der Waals surface area contributed by atoms with Gasteiger partial charge in [-0.25, -0.2) is 0 Å². The molecule has 3 rings (SSSR count). The van der Waals surface area contributed by atoms with Crippen molar-refractivity contribution in [3.63, 3.8) is 0 Å². The number of aromatic nitrogens is 2. The van der Waals surface area contributed by atoms with Crippen molar-refractivity contribution in [2.45, 2.75) is 26.3 Å². The van der Waals surface area contributed by atoms with Crippen LogP contribution in [0.1, 0.15) is 29.4 Å². The molecule has 6 nitrogen and oxygen atoms in total. The summed E-state index contributed by atoms with van der Waals surface area (Å²) in [7, 11) is 3.24. The quantitative estimate of drug-likeness (QED) is 0.598. The Morgan fingerprint density at radius 3 is 2.55 bits per heavy atom. The van der Waals surface area contributed by atoms with E-state index < -0.39 is 0 Å². The molecule has 3 aromatic rings. The van der Waals surface area contributed by atoms with Crippen molar-refractivity contribution < 1.29 is 14.3 Å². The molecule has 0 aliphatic heterocycles. The summed E-state index contributed by atoms with van der Waals surface area (Å²) in [5, 5.41) is 7.50. The minimum absolute atomic E-state index is 0.176. The van der Waals surface area contributed by atoms with Gasteiger partial charge in [-0.1, -0.05) is 37.3 Å². The summed E-state index contributed by atoms with van der Waals surface area (Å²) in [5.74, 6) is 1.22. The average molecular weight is 393 g/mol. The fourth-order valence-corrected chi connectivity index (χ4v) is 3.19. The first-order valence-corrected chi connectivity index (χ1v) is 9.78. The zero-order valence-corrected chi connectivity index (χ0v) is 17.1. The maximum absolute atomic E-state index is 12.7. The molecule has 0 saturated carbocycles. The van der Waals surface area contributed by atoms with Crippen LogP contribution in [0.4, 0.5) is 0 Å². The predicted molar refractivity (Wildman–Crippen MR) is 114 cm³/mol. The smallest absolute Gasteiger partial charge is 0.271 e. The summed E-state index contributed by atoms with van der Waals surface area (Å²) in [6, 6.07) is 17.5. The van der Waals surface area contributed by atoms with Crippen molar-refractivity contribution in [1.29, 1.82) is 0 Å². The van der Waals surface area contributed by atoms with E-state index in [1.165, 1.54) is 5.56 Å². The molecular weight excluding hydrogens is 366 g/mol. The summed E-state index contributed by atoms with van der Waals surface area (Å²) >= 11 is 0. The molecule has 1 amide bonds. The van der Waals surface area contributed by atoms with Crippen LogP contribution in [0.25, 0.3) is 11.3 Å². The van der Waals surface area contributed by atoms with Gasteiger partial charge in [0, 0.05) is 24.7 Å². The Balaban J connectivity index is 1.80. The summed E-state index contributed by atoms with van der Waals surface area (Å²) in [5.41, 5.74) is 3.31. The fourth-order valence-electron chi connectivity index (χ4n) is 3.19. The highest BCUT2D eigenvalue weighted by Gasteiger charge is 2.18. The van der Waals surface area contributed by atoms with Crippen molar-refractivity contribution in [2.75, 3.05) is 20.8 Å². The van der Waals surface area contributed by atoms with Gasteiger partial charge in [0.15, 0.2) is 5.69 Å². The Bertz CT molecular complexity index is 951. The lowest BCUT2D eigenvalue weighted by molar-refractivity contribution is 0.0948. The third kappa shape index (κ3) is 4.96. The van der Waals surface area contributed by atoms with Crippen LogP contribution >= 0.6 is 0 Å². The Morgan fingerprint density at radius 2 is 1.86 bits per heavy atom. The Labute approximate surface area is 171 Å². The molecule has 0 bridgehead atoms. The highest BCUT2D eigenvalue weighted by Crippen LogP contribution is 2.33. The Kier molecular flexibility index (Phi) is 6.89. The third-order valence-electron chi connectivity index (χ3n) is 4.67. The van der Waals surface area contributed by atoms with Crippen LogP contribution in [0.2, 0.25) is 0 Å². The molecule has 1 heterocycles. The van der Waals surface area contributed by atoms with Gasteiger partial charge in [0.25, 0.3) is 5.91 Å². The minimum Gasteiger partial charge on any atom is -0.497 e. The molecule has 0 radical (unpaired) electrons. The maximum Gasteiger partial charge on any atom is 0.271 e. The monoisotopic (exact) mass is 393 g/mol. The van der Waals surface area contributed by atoms with Gasteiger partial charge < -0.3 is 14.8 Å². The van der Waals surface area contributed by atoms with Gasteiger partial charge in [0.2, 0.25) is 0 Å². The van der Waals surface area contributed by atoms with Crippen molar-refractivity contribution in [2.24, 2.45) is 0 Å². The minimum atomic E-state index is -0.176. The van der Waals surface area contributed by atoms with Crippen LogP contribution in [0, 0.1) is 0 Å². The molecule has 1 aromatic heterocycles. The van der Waals surface area contributed by atoms with E-state index >= 15 is 0 Å². The van der Waals surface area contributed by atoms with E-state index in [0.717, 1.165) is 24.1 Å². The van der Waals surface area contributed by atoms with Crippen LogP contribution < -0.4 is 14.8 Å². The van der Waals surface area contributed by atoms with E-state index in [0.29, 0.717) is 30.3 Å². The number of nitrogens with zero attached hydrogens (tertiary/aromatic N) is 2. The normalized spacial score (nSPS) is 10.6. The number of nitrogens with one attached hydrogen (secondary N) is 1. The van der Waals surface area contributed by atoms with Crippen LogP contribution in [0.15, 0.2) is 54.6 Å². The zero-order chi connectivity index (χ0) is 20.6. The number of hydrogen-bond donors (Lipinski definition) is 1. The lowest BCUT2D eigenvalue weighted by atomic mass is 10.1. The van der Waals surface area contributed by atoms with E-state index in [9.17, 15) is 4.79 Å². The second-order valence-electron chi connectivity index (χ2n) is 6.70. The summed E-state index contributed by atoms with van der Waals surface area (Å²) in [6.45, 7) is 3.35. The second kappa shape index (κ2) is 9.78. The Hall–Kier alpha value is -3.28. The topological polar surface area (TPSA) is 65.4 Å². The van der Waals surface area contributed by atoms with Crippen LogP contribution in [-0.2, 0) is 13.0 Å². The van der Waals surface area contributed by atoms with Gasteiger partial charge in [-0.3, -0.25) is 9.48 Å². The molecule has 1 N–H and O–H groups in total. The molecule has 0 aliphatic carbocycles. The number of aryl methyl sites for hydroxylation is 1. The number of carbonyl (C=O) groups excluding carboxylic acids is 1. The lowest BCUT2D eigenvalue weighted by Gasteiger charge is -2.11. The number of hydrogen-bond acceptors (Lipinski definition) is 4. The molecule has 0 atom stereocenters. The van der Waals surface area contributed by atoms with Gasteiger partial charge in [0.05, 0.1) is 19.9 Å². The van der Waals surface area contributed by atoms with Crippen LogP contribution in [-0.4, -0.2) is 36.5 Å². The molecule has 0 unspecified atom stereocenters. The lowest BCUT2D eigenvalue weighted by Crippen LogP contribution is -2.26. The van der Waals surface area contributed by atoms with Gasteiger partial charge in [-0.15, -0.1) is 0 Å². The van der Waals surface area contributed by atoms with Gasteiger partial charge >= 0.3 is 0 Å². The first-order valence-electron chi connectivity index (χ1n) is 9.78. The first kappa shape index (κ1) is 20.5. The summed E-state index contributed by atoms with van der Waals surface area (Å²) in [6.07, 6.45) is 1.68. The molecule has 29 heavy (non-hydrogen) atoms. The second-order valence-corrected chi connectivity index (χ2v) is 6.70. The average Bonchev–Trinajstić information content (AvgIpc) is 3.18. The SMILES string of the molecule is CCCn1nc(C(=O)NCCc2ccccc2)cc1-c1ccc(OC)cc1OC. The molecule has 0 fully saturated rings. The number of carbonyl (C=O) groups is 1. The molecule has 0 aliphatic rings. The van der Waals surface area contributed by atoms with Gasteiger partial charge in [-0.05, 0) is 36.6 Å². The largest absolute Gasteiger partial charge is 0.497 e. The molecule has 0 spiro atoms. The standard InChI is InChI=1S/C23H27N3O3/c1-4-14-26-21(19-11-10-18(28-2)15-22(19)29-3)16-20(25-26)23(27)24-13-12-17-8-6-5-7-9-17/h5-11,15-16H,4,12-14H2,1-3H3,(H,24,27). The summed E-state index contributed by atoms with van der Waals surface area (Å²) < 4.78 is 12.7. The van der Waals surface area contributed by atoms with Crippen molar-refractivity contribution in [3.05, 3.63) is 65.9 Å². The van der Waals surface area contributed by atoms with E-state index in [1.807, 2.05) is 47.1 Å². The van der Waals surface area contributed by atoms with Gasteiger partial charge in [0.1, 0.15) is 11.5 Å². The number of rotatable bonds is 9. The van der Waals surface area contributed by atoms with Crippen molar-refractivity contribution in [3.8, 4) is 22.8 Å². The van der Waals surface area contributed by atoms with E-state index in [4.69, 9.17) is 9.47 Å². The highest BCUT2D eigenvalue weighted by atomic mass is 16.5. The Morgan fingerprint density at radius 1 is 1.07 bits per heavy atom. The number of ether oxygens (including phenoxy) is 2. The number of amides is 1. The van der Waals surface area contributed by atoms with Crippen molar-refractivity contribution in [1.82, 2.24) is 15.1 Å². The molecule has 2 aromatic carbocycles. The van der Waals surface area contributed by atoms with Crippen LogP contribution in [0.5, 0.6) is 11.5 Å². The highest BCUT2D eigenvalue weighted by molar-refractivity contribution is 5.93. The van der Waals surface area contributed by atoms with Gasteiger partial charge in [-0.2, -0.15) is 5.10 Å². The van der Waals surface area contributed by atoms with E-state index in [2.05, 4.69) is 29.5 Å². The zero-order valence-electron chi connectivity index (χ0n) is 17.1. The number of benzene rings is 2. The first-order chi connectivity index (χ1) is 14.2. The molecular formula is C23H27N3O3. The van der Waals surface area contributed by atoms with E-state index in [1.54, 1.807) is 14.2 Å². The number of methoxy groups -OCH3 is 2.